The van der Waals surface area contributed by atoms with Gasteiger partial charge in [-0.3, -0.25) is 0 Å². The maximum Gasteiger partial charge on any atom is 0.328 e. The molecule has 0 fully saturated rings. The van der Waals surface area contributed by atoms with E-state index in [1.54, 1.807) is 18.9 Å². The molecule has 0 aliphatic carbocycles. The summed E-state index contributed by atoms with van der Waals surface area (Å²) in [6.07, 6.45) is -0.132. The van der Waals surface area contributed by atoms with Gasteiger partial charge >= 0.3 is 5.97 Å². The zero-order valence-electron chi connectivity index (χ0n) is 11.6. The van der Waals surface area contributed by atoms with Gasteiger partial charge in [-0.05, 0) is 32.9 Å². The summed E-state index contributed by atoms with van der Waals surface area (Å²) in [5, 5.41) is 0. The molecule has 5 heteroatoms. The van der Waals surface area contributed by atoms with Crippen LogP contribution >= 0.6 is 0 Å². The van der Waals surface area contributed by atoms with Gasteiger partial charge < -0.3 is 14.1 Å². The van der Waals surface area contributed by atoms with Crippen LogP contribution in [0.3, 0.4) is 0 Å². The van der Waals surface area contributed by atoms with Gasteiger partial charge in [0.2, 0.25) is 0 Å². The summed E-state index contributed by atoms with van der Waals surface area (Å²) in [4.78, 5) is 17.9. The molecule has 0 spiro atoms. The Balaban J connectivity index is 2.18. The molecular formula is C14H18N2O3. The Morgan fingerprint density at radius 3 is 2.63 bits per heavy atom. The van der Waals surface area contributed by atoms with E-state index in [4.69, 9.17) is 9.15 Å². The number of anilines is 1. The standard InChI is InChI=1S/C14H18N2O3/c1-9(2)18-13(17)10(3)16(4)14-15-11-7-5-6-8-12(11)19-14/h5-10H,1-4H3. The number of carbonyl (C=O) groups is 1. The van der Waals surface area contributed by atoms with Crippen molar-refractivity contribution in [2.24, 2.45) is 0 Å². The van der Waals surface area contributed by atoms with Gasteiger partial charge in [0, 0.05) is 7.05 Å². The van der Waals surface area contributed by atoms with E-state index < -0.39 is 6.04 Å². The monoisotopic (exact) mass is 262 g/mol. The van der Waals surface area contributed by atoms with Crippen LogP contribution in [0.4, 0.5) is 6.01 Å². The molecule has 0 saturated carbocycles. The second-order valence-electron chi connectivity index (χ2n) is 4.74. The Bertz CT molecular complexity index is 544. The van der Waals surface area contributed by atoms with Gasteiger partial charge in [0.15, 0.2) is 5.58 Å². The third kappa shape index (κ3) is 2.86. The highest BCUT2D eigenvalue weighted by atomic mass is 16.5. The van der Waals surface area contributed by atoms with Crippen LogP contribution in [0.1, 0.15) is 20.8 Å². The van der Waals surface area contributed by atoms with Crippen molar-refractivity contribution in [3.63, 3.8) is 0 Å². The number of hydrogen-bond acceptors (Lipinski definition) is 5. The second kappa shape index (κ2) is 5.30. The number of fused-ring (bicyclic) bond motifs is 1. The fraction of sp³-hybridized carbons (Fsp3) is 0.429. The lowest BCUT2D eigenvalue weighted by Crippen LogP contribution is -2.38. The minimum atomic E-state index is -0.449. The summed E-state index contributed by atoms with van der Waals surface area (Å²) >= 11 is 0. The van der Waals surface area contributed by atoms with Gasteiger partial charge in [0.25, 0.3) is 6.01 Å². The van der Waals surface area contributed by atoms with Crippen molar-refractivity contribution in [1.29, 1.82) is 0 Å². The summed E-state index contributed by atoms with van der Waals surface area (Å²) < 4.78 is 10.8. The zero-order chi connectivity index (χ0) is 14.0. The van der Waals surface area contributed by atoms with Crippen LogP contribution in [0.25, 0.3) is 11.1 Å². The minimum absolute atomic E-state index is 0.132. The van der Waals surface area contributed by atoms with Crippen LogP contribution in [0.2, 0.25) is 0 Å². The van der Waals surface area contributed by atoms with Crippen molar-refractivity contribution in [2.75, 3.05) is 11.9 Å². The Kier molecular flexibility index (Phi) is 3.74. The van der Waals surface area contributed by atoms with Crippen LogP contribution in [0.15, 0.2) is 28.7 Å². The quantitative estimate of drug-likeness (QED) is 0.793. The average molecular weight is 262 g/mol. The summed E-state index contributed by atoms with van der Waals surface area (Å²) in [5.41, 5.74) is 1.47. The second-order valence-corrected chi connectivity index (χ2v) is 4.74. The van der Waals surface area contributed by atoms with Crippen LogP contribution in [0, 0.1) is 0 Å². The number of carbonyl (C=O) groups excluding carboxylic acids is 1. The molecule has 0 radical (unpaired) electrons. The number of benzene rings is 1. The number of rotatable bonds is 4. The van der Waals surface area contributed by atoms with Crippen LogP contribution in [-0.2, 0) is 9.53 Å². The maximum atomic E-state index is 11.9. The molecule has 0 saturated heterocycles. The van der Waals surface area contributed by atoms with Crippen LogP contribution < -0.4 is 4.90 Å². The predicted octanol–water partition coefficient (Wildman–Crippen LogP) is 2.60. The molecule has 1 aromatic carbocycles. The number of likely N-dealkylation sites (N-methyl/N-ethyl adjacent to an activating group) is 1. The highest BCUT2D eigenvalue weighted by molar-refractivity contribution is 5.80. The normalized spacial score (nSPS) is 12.7. The summed E-state index contributed by atoms with van der Waals surface area (Å²) in [7, 11) is 1.76. The molecule has 0 aliphatic rings. The van der Waals surface area contributed by atoms with Gasteiger partial charge in [-0.2, -0.15) is 4.98 Å². The van der Waals surface area contributed by atoms with Crippen molar-refractivity contribution in [2.45, 2.75) is 32.9 Å². The molecule has 0 bridgehead atoms. The van der Waals surface area contributed by atoms with Gasteiger partial charge in [-0.25, -0.2) is 4.79 Å². The lowest BCUT2D eigenvalue weighted by Gasteiger charge is -2.22. The van der Waals surface area contributed by atoms with E-state index in [2.05, 4.69) is 4.98 Å². The number of nitrogens with zero attached hydrogens (tertiary/aromatic N) is 2. The Morgan fingerprint density at radius 2 is 2.00 bits per heavy atom. The summed E-state index contributed by atoms with van der Waals surface area (Å²) in [5.74, 6) is -0.292. The summed E-state index contributed by atoms with van der Waals surface area (Å²) in [6, 6.07) is 7.45. The van der Waals surface area contributed by atoms with Gasteiger partial charge in [0.05, 0.1) is 6.10 Å². The van der Waals surface area contributed by atoms with E-state index in [0.717, 1.165) is 5.52 Å². The van der Waals surface area contributed by atoms with Crippen molar-refractivity contribution >= 4 is 23.1 Å². The first-order valence-electron chi connectivity index (χ1n) is 6.28. The zero-order valence-corrected chi connectivity index (χ0v) is 11.6. The van der Waals surface area contributed by atoms with E-state index in [9.17, 15) is 4.79 Å². The molecule has 0 N–H and O–H groups in total. The molecule has 19 heavy (non-hydrogen) atoms. The molecule has 1 heterocycles. The third-order valence-corrected chi connectivity index (χ3v) is 2.86. The maximum absolute atomic E-state index is 11.9. The van der Waals surface area contributed by atoms with Gasteiger partial charge in [0.1, 0.15) is 11.6 Å². The number of para-hydroxylation sites is 2. The van der Waals surface area contributed by atoms with Crippen molar-refractivity contribution in [3.05, 3.63) is 24.3 Å². The number of esters is 1. The van der Waals surface area contributed by atoms with Crippen molar-refractivity contribution in [1.82, 2.24) is 4.98 Å². The number of aromatic nitrogens is 1. The van der Waals surface area contributed by atoms with E-state index in [0.29, 0.717) is 11.6 Å². The Morgan fingerprint density at radius 1 is 1.32 bits per heavy atom. The SMILES string of the molecule is CC(C)OC(=O)C(C)N(C)c1nc2ccccc2o1. The molecule has 5 nitrogen and oxygen atoms in total. The molecule has 2 aromatic rings. The first-order chi connectivity index (χ1) is 8.99. The van der Waals surface area contributed by atoms with Crippen molar-refractivity contribution < 1.29 is 13.9 Å². The van der Waals surface area contributed by atoms with E-state index >= 15 is 0 Å². The van der Waals surface area contributed by atoms with E-state index in [-0.39, 0.29) is 12.1 Å². The molecule has 1 unspecified atom stereocenters. The topological polar surface area (TPSA) is 55.6 Å². The lowest BCUT2D eigenvalue weighted by molar-refractivity contribution is -0.148. The molecule has 1 aromatic heterocycles. The van der Waals surface area contributed by atoms with Crippen LogP contribution in [0.5, 0.6) is 0 Å². The largest absolute Gasteiger partial charge is 0.461 e. The fourth-order valence-electron chi connectivity index (χ4n) is 1.67. The number of hydrogen-bond donors (Lipinski definition) is 0. The molecule has 0 aliphatic heterocycles. The summed E-state index contributed by atoms with van der Waals surface area (Å²) in [6.45, 7) is 5.41. The molecular weight excluding hydrogens is 244 g/mol. The van der Waals surface area contributed by atoms with Crippen molar-refractivity contribution in [3.8, 4) is 0 Å². The highest BCUT2D eigenvalue weighted by Gasteiger charge is 2.24. The molecule has 2 rings (SSSR count). The molecule has 102 valence electrons. The first kappa shape index (κ1) is 13.4. The Labute approximate surface area is 112 Å². The lowest BCUT2D eigenvalue weighted by atomic mass is 10.3. The first-order valence-corrected chi connectivity index (χ1v) is 6.28. The fourth-order valence-corrected chi connectivity index (χ4v) is 1.67. The minimum Gasteiger partial charge on any atom is -0.461 e. The number of ether oxygens (including phenoxy) is 1. The predicted molar refractivity (Wildman–Crippen MR) is 73.1 cm³/mol. The van der Waals surface area contributed by atoms with Gasteiger partial charge in [-0.15, -0.1) is 0 Å². The van der Waals surface area contributed by atoms with E-state index in [1.165, 1.54) is 0 Å². The van der Waals surface area contributed by atoms with Crippen LogP contribution in [-0.4, -0.2) is 30.1 Å². The van der Waals surface area contributed by atoms with Gasteiger partial charge in [-0.1, -0.05) is 12.1 Å². The third-order valence-electron chi connectivity index (χ3n) is 2.86. The Hall–Kier alpha value is -2.04. The molecule has 1 atom stereocenters. The molecule has 0 amide bonds. The number of oxazole rings is 1. The average Bonchev–Trinajstić information content (AvgIpc) is 2.79. The smallest absolute Gasteiger partial charge is 0.328 e. The highest BCUT2D eigenvalue weighted by Crippen LogP contribution is 2.22. The van der Waals surface area contributed by atoms with E-state index in [1.807, 2.05) is 38.1 Å².